The van der Waals surface area contributed by atoms with Crippen LogP contribution < -0.4 is 5.32 Å². The predicted molar refractivity (Wildman–Crippen MR) is 72.5 cm³/mol. The first kappa shape index (κ1) is 11.5. The van der Waals surface area contributed by atoms with Crippen molar-refractivity contribution in [2.45, 2.75) is 13.5 Å². The second kappa shape index (κ2) is 4.93. The summed E-state index contributed by atoms with van der Waals surface area (Å²) in [6.07, 6.45) is 3.47. The summed E-state index contributed by atoms with van der Waals surface area (Å²) < 4.78 is 0. The number of anilines is 1. The summed E-state index contributed by atoms with van der Waals surface area (Å²) in [7, 11) is 0. The van der Waals surface area contributed by atoms with Gasteiger partial charge in [0, 0.05) is 17.4 Å². The summed E-state index contributed by atoms with van der Waals surface area (Å²) in [6.45, 7) is 2.57. The SMILES string of the molecule is Cc1nc(-c2ccccc2NCc2cnc[nH]2)n[nH]1. The van der Waals surface area contributed by atoms with E-state index >= 15 is 0 Å². The molecular formula is C13H14N6. The molecule has 0 bridgehead atoms. The summed E-state index contributed by atoms with van der Waals surface area (Å²) in [6, 6.07) is 7.97. The molecular weight excluding hydrogens is 240 g/mol. The van der Waals surface area contributed by atoms with Gasteiger partial charge >= 0.3 is 0 Å². The third-order valence-corrected chi connectivity index (χ3v) is 2.79. The molecule has 0 saturated heterocycles. The van der Waals surface area contributed by atoms with E-state index in [1.165, 1.54) is 0 Å². The highest BCUT2D eigenvalue weighted by molar-refractivity contribution is 5.73. The van der Waals surface area contributed by atoms with E-state index in [9.17, 15) is 0 Å². The van der Waals surface area contributed by atoms with Crippen LogP contribution in [0.4, 0.5) is 5.69 Å². The average Bonchev–Trinajstić information content (AvgIpc) is 3.08. The fraction of sp³-hybridized carbons (Fsp3) is 0.154. The smallest absolute Gasteiger partial charge is 0.183 e. The van der Waals surface area contributed by atoms with Gasteiger partial charge in [-0.2, -0.15) is 5.10 Å². The Hall–Kier alpha value is -2.63. The van der Waals surface area contributed by atoms with Crippen LogP contribution in [0.25, 0.3) is 11.4 Å². The molecule has 3 rings (SSSR count). The molecule has 0 aliphatic rings. The molecule has 0 spiro atoms. The van der Waals surface area contributed by atoms with Crippen LogP contribution in [-0.2, 0) is 6.54 Å². The lowest BCUT2D eigenvalue weighted by Gasteiger charge is -2.08. The topological polar surface area (TPSA) is 82.3 Å². The van der Waals surface area contributed by atoms with Crippen molar-refractivity contribution < 1.29 is 0 Å². The number of H-pyrrole nitrogens is 2. The summed E-state index contributed by atoms with van der Waals surface area (Å²) in [5.74, 6) is 1.50. The Morgan fingerprint density at radius 2 is 2.16 bits per heavy atom. The highest BCUT2D eigenvalue weighted by atomic mass is 15.2. The number of aryl methyl sites for hydroxylation is 1. The molecule has 6 heteroatoms. The third kappa shape index (κ3) is 2.47. The quantitative estimate of drug-likeness (QED) is 0.666. The second-order valence-corrected chi connectivity index (χ2v) is 4.22. The molecule has 0 unspecified atom stereocenters. The molecule has 0 atom stereocenters. The van der Waals surface area contributed by atoms with Crippen molar-refractivity contribution in [2.24, 2.45) is 0 Å². The van der Waals surface area contributed by atoms with Gasteiger partial charge in [-0.15, -0.1) is 0 Å². The van der Waals surface area contributed by atoms with Gasteiger partial charge in [0.05, 0.1) is 18.6 Å². The molecule has 0 saturated carbocycles. The highest BCUT2D eigenvalue weighted by Gasteiger charge is 2.08. The van der Waals surface area contributed by atoms with Gasteiger partial charge in [0.1, 0.15) is 5.82 Å². The van der Waals surface area contributed by atoms with Crippen LogP contribution in [0.1, 0.15) is 11.5 Å². The first-order valence-electron chi connectivity index (χ1n) is 6.02. The van der Waals surface area contributed by atoms with Crippen molar-refractivity contribution in [1.82, 2.24) is 25.1 Å². The zero-order valence-corrected chi connectivity index (χ0v) is 10.5. The largest absolute Gasteiger partial charge is 0.379 e. The zero-order chi connectivity index (χ0) is 13.1. The zero-order valence-electron chi connectivity index (χ0n) is 10.5. The minimum absolute atomic E-state index is 0.681. The predicted octanol–water partition coefficient (Wildman–Crippen LogP) is 2.12. The van der Waals surface area contributed by atoms with Crippen molar-refractivity contribution in [1.29, 1.82) is 0 Å². The summed E-state index contributed by atoms with van der Waals surface area (Å²) in [5.41, 5.74) is 3.00. The Labute approximate surface area is 110 Å². The van der Waals surface area contributed by atoms with Crippen molar-refractivity contribution in [3.05, 3.63) is 48.3 Å². The van der Waals surface area contributed by atoms with E-state index in [1.807, 2.05) is 31.2 Å². The molecule has 2 aromatic heterocycles. The van der Waals surface area contributed by atoms with Gasteiger partial charge in [0.15, 0.2) is 5.82 Å². The number of nitrogens with one attached hydrogen (secondary N) is 3. The van der Waals surface area contributed by atoms with Crippen LogP contribution in [0.3, 0.4) is 0 Å². The van der Waals surface area contributed by atoms with E-state index in [0.717, 1.165) is 22.8 Å². The lowest BCUT2D eigenvalue weighted by molar-refractivity contribution is 1.04. The Balaban J connectivity index is 1.85. The molecule has 0 aliphatic carbocycles. The van der Waals surface area contributed by atoms with Crippen LogP contribution >= 0.6 is 0 Å². The highest BCUT2D eigenvalue weighted by Crippen LogP contribution is 2.24. The number of aromatic nitrogens is 5. The summed E-state index contributed by atoms with van der Waals surface area (Å²) >= 11 is 0. The van der Waals surface area contributed by atoms with Crippen molar-refractivity contribution in [3.63, 3.8) is 0 Å². The minimum atomic E-state index is 0.681. The molecule has 3 N–H and O–H groups in total. The van der Waals surface area contributed by atoms with E-state index in [2.05, 4.69) is 30.5 Å². The lowest BCUT2D eigenvalue weighted by atomic mass is 10.1. The van der Waals surface area contributed by atoms with E-state index in [1.54, 1.807) is 12.5 Å². The van der Waals surface area contributed by atoms with Gasteiger partial charge in [-0.1, -0.05) is 12.1 Å². The molecule has 0 fully saturated rings. The van der Waals surface area contributed by atoms with Gasteiger partial charge in [-0.05, 0) is 19.1 Å². The summed E-state index contributed by atoms with van der Waals surface area (Å²) in [5, 5.41) is 10.4. The van der Waals surface area contributed by atoms with Crippen molar-refractivity contribution >= 4 is 5.69 Å². The molecule has 0 radical (unpaired) electrons. The van der Waals surface area contributed by atoms with Gasteiger partial charge in [-0.3, -0.25) is 5.10 Å². The van der Waals surface area contributed by atoms with Crippen molar-refractivity contribution in [3.8, 4) is 11.4 Å². The second-order valence-electron chi connectivity index (χ2n) is 4.22. The lowest BCUT2D eigenvalue weighted by Crippen LogP contribution is -2.01. The Morgan fingerprint density at radius 3 is 2.89 bits per heavy atom. The van der Waals surface area contributed by atoms with Crippen molar-refractivity contribution in [2.75, 3.05) is 5.32 Å². The maximum Gasteiger partial charge on any atom is 0.183 e. The number of benzene rings is 1. The van der Waals surface area contributed by atoms with Crippen LogP contribution in [0.2, 0.25) is 0 Å². The van der Waals surface area contributed by atoms with E-state index in [0.29, 0.717) is 12.4 Å². The molecule has 6 nitrogen and oxygen atoms in total. The molecule has 3 aromatic rings. The number of para-hydroxylation sites is 1. The summed E-state index contributed by atoms with van der Waals surface area (Å²) in [4.78, 5) is 11.4. The van der Waals surface area contributed by atoms with Gasteiger partial charge in [0.25, 0.3) is 0 Å². The Bertz CT molecular complexity index is 655. The Kier molecular flexibility index (Phi) is 2.97. The molecule has 1 aromatic carbocycles. The fourth-order valence-corrected chi connectivity index (χ4v) is 1.87. The molecule has 0 amide bonds. The maximum atomic E-state index is 4.36. The van der Waals surface area contributed by atoms with E-state index in [-0.39, 0.29) is 0 Å². The molecule has 0 aliphatic heterocycles. The van der Waals surface area contributed by atoms with Gasteiger partial charge in [-0.25, -0.2) is 9.97 Å². The van der Waals surface area contributed by atoms with E-state index in [4.69, 9.17) is 0 Å². The number of aromatic amines is 2. The first-order chi connectivity index (χ1) is 9.33. The van der Waals surface area contributed by atoms with Gasteiger partial charge in [0.2, 0.25) is 0 Å². The van der Waals surface area contributed by atoms with Crippen LogP contribution in [-0.4, -0.2) is 25.1 Å². The standard InChI is InChI=1S/C13H14N6/c1-9-17-13(19-18-9)11-4-2-3-5-12(11)15-7-10-6-14-8-16-10/h2-6,8,15H,7H2,1H3,(H,14,16)(H,17,18,19). The molecule has 2 heterocycles. The maximum absolute atomic E-state index is 4.36. The fourth-order valence-electron chi connectivity index (χ4n) is 1.87. The number of hydrogen-bond donors (Lipinski definition) is 3. The van der Waals surface area contributed by atoms with Crippen LogP contribution in [0.15, 0.2) is 36.8 Å². The van der Waals surface area contributed by atoms with Crippen LogP contribution in [0.5, 0.6) is 0 Å². The third-order valence-electron chi connectivity index (χ3n) is 2.79. The number of hydrogen-bond acceptors (Lipinski definition) is 4. The number of imidazole rings is 1. The monoisotopic (exact) mass is 254 g/mol. The normalized spacial score (nSPS) is 10.6. The first-order valence-corrected chi connectivity index (χ1v) is 6.02. The molecule has 96 valence electrons. The number of nitrogens with zero attached hydrogens (tertiary/aromatic N) is 3. The molecule has 19 heavy (non-hydrogen) atoms. The van der Waals surface area contributed by atoms with Gasteiger partial charge < -0.3 is 10.3 Å². The number of rotatable bonds is 4. The minimum Gasteiger partial charge on any atom is -0.379 e. The van der Waals surface area contributed by atoms with E-state index < -0.39 is 0 Å². The Morgan fingerprint density at radius 1 is 1.26 bits per heavy atom. The van der Waals surface area contributed by atoms with Crippen LogP contribution in [0, 0.1) is 6.92 Å². The average molecular weight is 254 g/mol.